The van der Waals surface area contributed by atoms with E-state index in [4.69, 9.17) is 39.5 Å². The third-order valence-electron chi connectivity index (χ3n) is 7.21. The third-order valence-corrected chi connectivity index (χ3v) is 9.31. The molecule has 4 unspecified atom stereocenters. The number of nitrogens with one attached hydrogen (secondary N) is 1. The Morgan fingerprint density at radius 2 is 1.38 bits per heavy atom. The molecule has 0 spiro atoms. The van der Waals surface area contributed by atoms with E-state index in [-0.39, 0.29) is 34.0 Å². The number of nitrogens with two attached hydrogens (primary N) is 2. The summed E-state index contributed by atoms with van der Waals surface area (Å²) in [6.07, 6.45) is -11.6. The number of ether oxygens (including phenoxy) is 4. The van der Waals surface area contributed by atoms with E-state index in [2.05, 4.69) is 24.9 Å². The lowest BCUT2D eigenvalue weighted by molar-refractivity contribution is -0.178. The fraction of sp³-hybridized carbons (Fsp3) is 0.476. The number of H-pyrrole nitrogens is 1. The summed E-state index contributed by atoms with van der Waals surface area (Å²) in [7, 11) is -9.58. The molecule has 3 aliphatic heterocycles. The molecule has 45 heavy (non-hydrogen) atoms. The lowest BCUT2D eigenvalue weighted by Crippen LogP contribution is -2.38. The van der Waals surface area contributed by atoms with Crippen molar-refractivity contribution in [1.82, 2.24) is 34.1 Å². The summed E-state index contributed by atoms with van der Waals surface area (Å²) in [6, 6.07) is 1.51. The van der Waals surface area contributed by atoms with Crippen LogP contribution in [0, 0.1) is 0 Å². The first-order valence-electron chi connectivity index (χ1n) is 13.0. The zero-order chi connectivity index (χ0) is 31.8. The van der Waals surface area contributed by atoms with Gasteiger partial charge in [-0.25, -0.2) is 15.0 Å². The Bertz CT molecular complexity index is 1930. The van der Waals surface area contributed by atoms with Crippen molar-refractivity contribution in [1.29, 1.82) is 0 Å². The van der Waals surface area contributed by atoms with Crippen molar-refractivity contribution in [3.63, 3.8) is 0 Å². The third kappa shape index (κ3) is 5.33. The van der Waals surface area contributed by atoms with Crippen LogP contribution in [-0.4, -0.2) is 104 Å². The highest BCUT2D eigenvalue weighted by molar-refractivity contribution is 7.52. The molecule has 10 atom stereocenters. The molecule has 4 aromatic rings. The molecular weight excluding hydrogens is 648 g/mol. The van der Waals surface area contributed by atoms with Gasteiger partial charge in [0, 0.05) is 6.20 Å². The van der Waals surface area contributed by atoms with Crippen LogP contribution in [0.25, 0.3) is 22.3 Å². The number of hydrogen-bond acceptors (Lipinski definition) is 17. The number of aliphatic hydroxyl groups is 2. The Hall–Kier alpha value is -3.37. The maximum absolute atomic E-state index is 13.2. The van der Waals surface area contributed by atoms with Crippen LogP contribution in [0.3, 0.4) is 0 Å². The summed E-state index contributed by atoms with van der Waals surface area (Å²) >= 11 is 0. The largest absolute Gasteiger partial charge is 0.397 e. The van der Waals surface area contributed by atoms with Crippen molar-refractivity contribution in [2.24, 2.45) is 0 Å². The average Bonchev–Trinajstić information content (AvgIpc) is 3.72. The molecule has 242 valence electrons. The number of hydrogen-bond donors (Lipinski definition) is 7. The van der Waals surface area contributed by atoms with Crippen LogP contribution >= 0.6 is 15.2 Å². The highest BCUT2D eigenvalue weighted by atomic mass is 31.2. The maximum atomic E-state index is 13.2. The minimum Gasteiger partial charge on any atom is -0.397 e. The van der Waals surface area contributed by atoms with E-state index in [9.17, 15) is 33.9 Å². The van der Waals surface area contributed by atoms with Gasteiger partial charge in [-0.3, -0.25) is 37.1 Å². The predicted molar refractivity (Wildman–Crippen MR) is 146 cm³/mol. The van der Waals surface area contributed by atoms with Crippen LogP contribution in [-0.2, 0) is 37.1 Å². The topological polar surface area (TPSA) is 317 Å². The van der Waals surface area contributed by atoms with Gasteiger partial charge in [-0.2, -0.15) is 4.98 Å². The molecule has 0 bridgehead atoms. The number of aliphatic hydroxyl groups excluding tert-OH is 2. The molecule has 7 heterocycles. The Morgan fingerprint density at radius 3 is 1.96 bits per heavy atom. The Morgan fingerprint density at radius 1 is 0.844 bits per heavy atom. The summed E-state index contributed by atoms with van der Waals surface area (Å²) in [4.78, 5) is 52.1. The van der Waals surface area contributed by atoms with Crippen LogP contribution in [0.15, 0.2) is 29.7 Å². The van der Waals surface area contributed by atoms with E-state index in [0.29, 0.717) is 0 Å². The standard InChI is InChI=1S/C21H25N9O13P2/c22-7-1-2-24-14-8(7)25-3-29(14)17-10(31)12-19(40-17)38-5-45(36,37)43-13-11(32)18(41-20(13)39-6-44(34,35)42-12)30-4-26-9-15(30)27-21(23)28-16(9)33/h1-4,10-13,17-20,31-32H,5-6H2,(H2,22,24)(H,34,35)(H,36,37)(H3,23,27,28,33)/t10-,11-,12?,13?,17+,18+,19-,20-/m0/s1. The van der Waals surface area contributed by atoms with Crippen molar-refractivity contribution in [3.8, 4) is 0 Å². The molecule has 7 rings (SSSR count). The zero-order valence-electron chi connectivity index (χ0n) is 22.5. The molecular formula is C21H25N9O13P2. The highest BCUT2D eigenvalue weighted by Gasteiger charge is 2.54. The minimum absolute atomic E-state index is 0.110. The molecule has 9 N–H and O–H groups in total. The second kappa shape index (κ2) is 10.9. The molecule has 24 heteroatoms. The molecule has 0 amide bonds. The van der Waals surface area contributed by atoms with Gasteiger partial charge in [0.15, 0.2) is 54.5 Å². The molecule has 4 aromatic heterocycles. The van der Waals surface area contributed by atoms with Crippen LogP contribution in [0.1, 0.15) is 12.5 Å². The molecule has 22 nitrogen and oxygen atoms in total. The summed E-state index contributed by atoms with van der Waals surface area (Å²) in [5.41, 5.74) is 11.4. The van der Waals surface area contributed by atoms with Crippen LogP contribution in [0.5, 0.6) is 0 Å². The number of fused-ring (bicyclic) bond motifs is 4. The van der Waals surface area contributed by atoms with E-state index in [1.54, 1.807) is 0 Å². The molecule has 0 radical (unpaired) electrons. The van der Waals surface area contributed by atoms with Gasteiger partial charge in [-0.1, -0.05) is 0 Å². The molecule has 3 aliphatic rings. The first kappa shape index (κ1) is 30.3. The Balaban J connectivity index is 1.17. The van der Waals surface area contributed by atoms with E-state index in [0.717, 1.165) is 10.9 Å². The molecule has 0 aromatic carbocycles. The zero-order valence-corrected chi connectivity index (χ0v) is 24.3. The van der Waals surface area contributed by atoms with E-state index >= 15 is 0 Å². The normalized spacial score (nSPS) is 37.7. The lowest BCUT2D eigenvalue weighted by atomic mass is 10.2. The van der Waals surface area contributed by atoms with Gasteiger partial charge in [0.1, 0.15) is 29.9 Å². The van der Waals surface area contributed by atoms with E-state index < -0.39 is 82.9 Å². The van der Waals surface area contributed by atoms with Gasteiger partial charge in [-0.15, -0.1) is 0 Å². The quantitative estimate of drug-likeness (QED) is 0.116. The van der Waals surface area contributed by atoms with Gasteiger partial charge >= 0.3 is 15.2 Å². The summed E-state index contributed by atoms with van der Waals surface area (Å²) in [5.74, 6) is -0.269. The number of rotatable bonds is 2. The monoisotopic (exact) mass is 673 g/mol. The van der Waals surface area contributed by atoms with Gasteiger partial charge in [0.05, 0.1) is 18.3 Å². The van der Waals surface area contributed by atoms with Gasteiger partial charge < -0.3 is 50.4 Å². The van der Waals surface area contributed by atoms with E-state index in [1.165, 1.54) is 23.2 Å². The van der Waals surface area contributed by atoms with Crippen molar-refractivity contribution in [2.45, 2.75) is 49.5 Å². The van der Waals surface area contributed by atoms with E-state index in [1.807, 2.05) is 0 Å². The summed E-state index contributed by atoms with van der Waals surface area (Å²) in [5, 5.41) is 22.2. The van der Waals surface area contributed by atoms with Gasteiger partial charge in [0.2, 0.25) is 5.95 Å². The number of pyridine rings is 1. The van der Waals surface area contributed by atoms with Crippen LogP contribution < -0.4 is 17.0 Å². The number of aromatic nitrogens is 7. The fourth-order valence-corrected chi connectivity index (χ4v) is 7.24. The van der Waals surface area contributed by atoms with Crippen molar-refractivity contribution >= 4 is 49.2 Å². The Kier molecular flexibility index (Phi) is 7.32. The SMILES string of the molecule is Nc1nc2c(ncn2[C@@H]2O[C@@H]3OCP(=O)(O)OC4[C@@H](OCP(=O)(O)OC3[C@@H]2O)O[C@@H](n2cnc3c(N)ccnc32)[C@H]4O)c(=O)[nH]1. The minimum atomic E-state index is -4.79. The molecule has 3 saturated heterocycles. The second-order valence-electron chi connectivity index (χ2n) is 10.3. The number of aromatic amines is 1. The van der Waals surface area contributed by atoms with Crippen molar-refractivity contribution in [2.75, 3.05) is 24.2 Å². The van der Waals surface area contributed by atoms with Gasteiger partial charge in [-0.05, 0) is 6.07 Å². The van der Waals surface area contributed by atoms with Crippen molar-refractivity contribution in [3.05, 3.63) is 35.3 Å². The molecule has 3 fully saturated rings. The number of nitrogens with zero attached hydrogens (tertiary/aromatic N) is 6. The van der Waals surface area contributed by atoms with Gasteiger partial charge in [0.25, 0.3) is 5.56 Å². The summed E-state index contributed by atoms with van der Waals surface area (Å²) < 4.78 is 61.7. The molecule has 0 aliphatic carbocycles. The maximum Gasteiger partial charge on any atom is 0.354 e. The highest BCUT2D eigenvalue weighted by Crippen LogP contribution is 2.53. The van der Waals surface area contributed by atoms with Crippen LogP contribution in [0.4, 0.5) is 11.6 Å². The van der Waals surface area contributed by atoms with Crippen LogP contribution in [0.2, 0.25) is 0 Å². The summed E-state index contributed by atoms with van der Waals surface area (Å²) in [6.45, 7) is 0. The number of imidazole rings is 2. The Labute approximate surface area is 249 Å². The lowest BCUT2D eigenvalue weighted by Gasteiger charge is -2.28. The van der Waals surface area contributed by atoms with Crippen molar-refractivity contribution < 1.29 is 57.1 Å². The smallest absolute Gasteiger partial charge is 0.354 e. The fourth-order valence-electron chi connectivity index (χ4n) is 5.24. The predicted octanol–water partition coefficient (Wildman–Crippen LogP) is -1.74. The first-order chi connectivity index (χ1) is 21.3. The first-order valence-corrected chi connectivity index (χ1v) is 16.5. The number of anilines is 2. The number of nitrogen functional groups attached to an aromatic ring is 2. The molecule has 0 saturated carbocycles. The second-order valence-corrected chi connectivity index (χ2v) is 13.8. The average molecular weight is 673 g/mol.